The van der Waals surface area contributed by atoms with Crippen molar-refractivity contribution in [3.63, 3.8) is 0 Å². The van der Waals surface area contributed by atoms with Crippen LogP contribution in [0, 0.1) is 6.92 Å². The first-order valence-electron chi connectivity index (χ1n) is 6.94. The highest BCUT2D eigenvalue weighted by molar-refractivity contribution is 7.10. The van der Waals surface area contributed by atoms with Crippen molar-refractivity contribution in [1.29, 1.82) is 0 Å². The molecule has 0 aliphatic rings. The number of rotatable bonds is 5. The number of benzene rings is 1. The van der Waals surface area contributed by atoms with Gasteiger partial charge in [-0.25, -0.2) is 4.79 Å². The third kappa shape index (κ3) is 4.23. The second-order valence-electron chi connectivity index (χ2n) is 4.76. The van der Waals surface area contributed by atoms with E-state index in [1.165, 1.54) is 10.4 Å². The lowest BCUT2D eigenvalue weighted by Gasteiger charge is -2.15. The molecule has 1 aromatic heterocycles. The number of nitrogens with one attached hydrogen (secondary N) is 2. The van der Waals surface area contributed by atoms with Crippen molar-refractivity contribution in [3.05, 3.63) is 46.2 Å². The Morgan fingerprint density at radius 3 is 2.48 bits per heavy atom. The fourth-order valence-electron chi connectivity index (χ4n) is 2.08. The summed E-state index contributed by atoms with van der Waals surface area (Å²) in [5.74, 6) is 0. The molecule has 1 aromatic carbocycles. The number of anilines is 2. The first-order chi connectivity index (χ1) is 10.1. The monoisotopic (exact) mass is 304 g/mol. The van der Waals surface area contributed by atoms with E-state index in [2.05, 4.69) is 35.9 Å². The zero-order valence-electron chi connectivity index (χ0n) is 12.5. The van der Waals surface area contributed by atoms with E-state index >= 15 is 0 Å². The van der Waals surface area contributed by atoms with Gasteiger partial charge < -0.3 is 10.1 Å². The fraction of sp³-hybridized carbons (Fsp3) is 0.312. The second-order valence-corrected chi connectivity index (χ2v) is 5.70. The van der Waals surface area contributed by atoms with Gasteiger partial charge in [0.15, 0.2) is 0 Å². The molecule has 2 N–H and O–H groups in total. The Bertz CT molecular complexity index is 593. The Morgan fingerprint density at radius 2 is 1.90 bits per heavy atom. The first-order valence-corrected chi connectivity index (χ1v) is 7.82. The molecular formula is C16H20N2O2S. The van der Waals surface area contributed by atoms with Crippen molar-refractivity contribution in [3.8, 4) is 0 Å². The first kappa shape index (κ1) is 15.4. The highest BCUT2D eigenvalue weighted by atomic mass is 32.1. The fourth-order valence-corrected chi connectivity index (χ4v) is 3.01. The summed E-state index contributed by atoms with van der Waals surface area (Å²) in [6.45, 7) is 6.41. The standard InChI is InChI=1S/C16H20N2O2S/c1-4-20-16(19)18-14-7-5-13(6-8-14)17-12(3)15-11(2)9-10-21-15/h5-10,12,17H,4H2,1-3H3,(H,18,19). The summed E-state index contributed by atoms with van der Waals surface area (Å²) >= 11 is 1.76. The molecule has 5 heteroatoms. The molecule has 4 nitrogen and oxygen atoms in total. The predicted octanol–water partition coefficient (Wildman–Crippen LogP) is 4.80. The molecule has 1 heterocycles. The summed E-state index contributed by atoms with van der Waals surface area (Å²) in [7, 11) is 0. The topological polar surface area (TPSA) is 50.4 Å². The molecule has 2 rings (SSSR count). The van der Waals surface area contributed by atoms with E-state index in [1.54, 1.807) is 18.3 Å². The minimum atomic E-state index is -0.430. The highest BCUT2D eigenvalue weighted by Crippen LogP contribution is 2.27. The molecule has 0 radical (unpaired) electrons. The Morgan fingerprint density at radius 1 is 1.24 bits per heavy atom. The van der Waals surface area contributed by atoms with E-state index < -0.39 is 6.09 Å². The highest BCUT2D eigenvalue weighted by Gasteiger charge is 2.09. The Labute approximate surface area is 129 Å². The van der Waals surface area contributed by atoms with Gasteiger partial charge >= 0.3 is 6.09 Å². The molecule has 0 spiro atoms. The third-order valence-electron chi connectivity index (χ3n) is 3.08. The van der Waals surface area contributed by atoms with Crippen LogP contribution < -0.4 is 10.6 Å². The van der Waals surface area contributed by atoms with Gasteiger partial charge in [0.2, 0.25) is 0 Å². The van der Waals surface area contributed by atoms with Crippen molar-refractivity contribution >= 4 is 28.8 Å². The lowest BCUT2D eigenvalue weighted by Crippen LogP contribution is -2.13. The maximum absolute atomic E-state index is 11.3. The number of amides is 1. The summed E-state index contributed by atoms with van der Waals surface area (Å²) in [5, 5.41) is 8.24. The SMILES string of the molecule is CCOC(=O)Nc1ccc(NC(C)c2sccc2C)cc1. The van der Waals surface area contributed by atoms with Crippen LogP contribution in [-0.2, 0) is 4.74 Å². The zero-order chi connectivity index (χ0) is 15.2. The van der Waals surface area contributed by atoms with Gasteiger partial charge in [-0.1, -0.05) is 0 Å². The average molecular weight is 304 g/mol. The maximum atomic E-state index is 11.3. The second kappa shape index (κ2) is 7.13. The molecule has 0 bridgehead atoms. The number of thiophene rings is 1. The minimum Gasteiger partial charge on any atom is -0.450 e. The normalized spacial score (nSPS) is 11.8. The molecule has 0 aliphatic carbocycles. The van der Waals surface area contributed by atoms with E-state index in [-0.39, 0.29) is 6.04 Å². The van der Waals surface area contributed by atoms with Gasteiger partial charge in [0.05, 0.1) is 12.6 Å². The smallest absolute Gasteiger partial charge is 0.411 e. The number of carbonyl (C=O) groups is 1. The molecule has 1 unspecified atom stereocenters. The predicted molar refractivity (Wildman–Crippen MR) is 88.2 cm³/mol. The van der Waals surface area contributed by atoms with Crippen molar-refractivity contribution in [2.24, 2.45) is 0 Å². The van der Waals surface area contributed by atoms with Gasteiger partial charge in [-0.15, -0.1) is 11.3 Å². The van der Waals surface area contributed by atoms with Crippen LogP contribution in [0.25, 0.3) is 0 Å². The molecule has 1 atom stereocenters. The van der Waals surface area contributed by atoms with Crippen LogP contribution in [0.15, 0.2) is 35.7 Å². The quantitative estimate of drug-likeness (QED) is 0.834. The molecule has 21 heavy (non-hydrogen) atoms. The molecule has 0 fully saturated rings. The van der Waals surface area contributed by atoms with Gasteiger partial charge in [-0.05, 0) is 62.0 Å². The summed E-state index contributed by atoms with van der Waals surface area (Å²) in [5.41, 5.74) is 3.05. The van der Waals surface area contributed by atoms with Crippen LogP contribution in [-0.4, -0.2) is 12.7 Å². The average Bonchev–Trinajstić information content (AvgIpc) is 2.87. The summed E-state index contributed by atoms with van der Waals surface area (Å²) < 4.78 is 4.84. The molecule has 112 valence electrons. The van der Waals surface area contributed by atoms with Crippen LogP contribution in [0.3, 0.4) is 0 Å². The molecule has 1 amide bonds. The van der Waals surface area contributed by atoms with E-state index in [9.17, 15) is 4.79 Å². The molecule has 0 saturated heterocycles. The number of hydrogen-bond donors (Lipinski definition) is 2. The maximum Gasteiger partial charge on any atom is 0.411 e. The molecule has 0 saturated carbocycles. The Hall–Kier alpha value is -2.01. The molecular weight excluding hydrogens is 284 g/mol. The minimum absolute atomic E-state index is 0.258. The number of ether oxygens (including phenoxy) is 1. The third-order valence-corrected chi connectivity index (χ3v) is 4.29. The number of hydrogen-bond acceptors (Lipinski definition) is 4. The van der Waals surface area contributed by atoms with Crippen LogP contribution in [0.1, 0.15) is 30.3 Å². The molecule has 0 aliphatic heterocycles. The number of aryl methyl sites for hydroxylation is 1. The van der Waals surface area contributed by atoms with E-state index in [0.29, 0.717) is 6.61 Å². The summed E-state index contributed by atoms with van der Waals surface area (Å²) in [6.07, 6.45) is -0.430. The van der Waals surface area contributed by atoms with Crippen LogP contribution in [0.4, 0.5) is 16.2 Å². The van der Waals surface area contributed by atoms with Crippen LogP contribution >= 0.6 is 11.3 Å². The van der Waals surface area contributed by atoms with E-state index in [4.69, 9.17) is 4.74 Å². The van der Waals surface area contributed by atoms with Crippen molar-refractivity contribution in [2.45, 2.75) is 26.8 Å². The van der Waals surface area contributed by atoms with Gasteiger partial charge in [0.25, 0.3) is 0 Å². The van der Waals surface area contributed by atoms with Crippen molar-refractivity contribution < 1.29 is 9.53 Å². The Kier molecular flexibility index (Phi) is 5.22. The van der Waals surface area contributed by atoms with Crippen molar-refractivity contribution in [1.82, 2.24) is 0 Å². The van der Waals surface area contributed by atoms with Crippen molar-refractivity contribution in [2.75, 3.05) is 17.2 Å². The van der Waals surface area contributed by atoms with E-state index in [0.717, 1.165) is 11.4 Å². The van der Waals surface area contributed by atoms with Gasteiger partial charge in [0.1, 0.15) is 0 Å². The van der Waals surface area contributed by atoms with E-state index in [1.807, 2.05) is 24.3 Å². The zero-order valence-corrected chi connectivity index (χ0v) is 13.3. The van der Waals surface area contributed by atoms with Gasteiger partial charge in [0, 0.05) is 16.3 Å². The lowest BCUT2D eigenvalue weighted by molar-refractivity contribution is 0.168. The van der Waals surface area contributed by atoms with Crippen LogP contribution in [0.2, 0.25) is 0 Å². The molecule has 2 aromatic rings. The number of carbonyl (C=O) groups excluding carboxylic acids is 1. The summed E-state index contributed by atoms with van der Waals surface area (Å²) in [4.78, 5) is 12.7. The van der Waals surface area contributed by atoms with Gasteiger partial charge in [-0.3, -0.25) is 5.32 Å². The lowest BCUT2D eigenvalue weighted by atomic mass is 10.2. The van der Waals surface area contributed by atoms with Crippen LogP contribution in [0.5, 0.6) is 0 Å². The Balaban J connectivity index is 1.96. The summed E-state index contributed by atoms with van der Waals surface area (Å²) in [6, 6.07) is 9.99. The van der Waals surface area contributed by atoms with Gasteiger partial charge in [-0.2, -0.15) is 0 Å². The largest absolute Gasteiger partial charge is 0.450 e.